The second-order valence-electron chi connectivity index (χ2n) is 7.98. The van der Waals surface area contributed by atoms with E-state index in [2.05, 4.69) is 4.72 Å². The van der Waals surface area contributed by atoms with Crippen LogP contribution in [0.1, 0.15) is 36.8 Å². The minimum Gasteiger partial charge on any atom is -0.280 e. The van der Waals surface area contributed by atoms with Crippen LogP contribution >= 0.6 is 11.6 Å². The zero-order chi connectivity index (χ0) is 21.5. The molecule has 1 N–H and O–H groups in total. The summed E-state index contributed by atoms with van der Waals surface area (Å²) in [5.41, 5.74) is 1.54. The first kappa shape index (κ1) is 20.9. The van der Waals surface area contributed by atoms with Crippen LogP contribution < -0.4 is 4.72 Å². The molecule has 4 rings (SSSR count). The predicted molar refractivity (Wildman–Crippen MR) is 114 cm³/mol. The molecule has 6 nitrogen and oxygen atoms in total. The van der Waals surface area contributed by atoms with Crippen molar-refractivity contribution in [3.05, 3.63) is 58.6 Å². The van der Waals surface area contributed by atoms with Gasteiger partial charge in [-0.3, -0.25) is 19.2 Å². The Bertz CT molecular complexity index is 1090. The molecule has 1 aliphatic carbocycles. The lowest BCUT2D eigenvalue weighted by molar-refractivity contribution is -0.140. The zero-order valence-electron chi connectivity index (χ0n) is 16.6. The van der Waals surface area contributed by atoms with Gasteiger partial charge in [-0.2, -0.15) is 0 Å². The van der Waals surface area contributed by atoms with Crippen molar-refractivity contribution in [2.75, 3.05) is 4.72 Å². The van der Waals surface area contributed by atoms with Crippen molar-refractivity contribution in [2.45, 2.75) is 44.0 Å². The molecule has 2 fully saturated rings. The van der Waals surface area contributed by atoms with Crippen molar-refractivity contribution < 1.29 is 18.0 Å². The monoisotopic (exact) mass is 446 g/mol. The Balaban J connectivity index is 1.59. The molecule has 158 valence electrons. The summed E-state index contributed by atoms with van der Waals surface area (Å²) in [4.78, 5) is 26.9. The van der Waals surface area contributed by atoms with Crippen molar-refractivity contribution >= 4 is 39.1 Å². The fraction of sp³-hybridized carbons (Fsp3) is 0.364. The third-order valence-corrected chi connectivity index (χ3v) is 7.65. The first-order valence-electron chi connectivity index (χ1n) is 9.99. The van der Waals surface area contributed by atoms with E-state index in [0.717, 1.165) is 25.7 Å². The Hall–Kier alpha value is -2.38. The number of anilines is 1. The van der Waals surface area contributed by atoms with E-state index in [1.54, 1.807) is 37.3 Å². The molecule has 2 aliphatic rings. The summed E-state index contributed by atoms with van der Waals surface area (Å²) in [6.07, 6.45) is 3.44. The van der Waals surface area contributed by atoms with Gasteiger partial charge in [-0.25, -0.2) is 8.42 Å². The van der Waals surface area contributed by atoms with Crippen molar-refractivity contribution in [3.63, 3.8) is 0 Å². The highest BCUT2D eigenvalue weighted by atomic mass is 35.5. The molecule has 0 radical (unpaired) electrons. The highest BCUT2D eigenvalue weighted by molar-refractivity contribution is 7.92. The van der Waals surface area contributed by atoms with E-state index in [-0.39, 0.29) is 35.1 Å². The Kier molecular flexibility index (Phi) is 5.59. The lowest BCUT2D eigenvalue weighted by Crippen LogP contribution is -2.30. The van der Waals surface area contributed by atoms with Crippen molar-refractivity contribution in [1.29, 1.82) is 0 Å². The number of rotatable bonds is 5. The van der Waals surface area contributed by atoms with Gasteiger partial charge in [0, 0.05) is 5.02 Å². The number of sulfonamides is 1. The van der Waals surface area contributed by atoms with Gasteiger partial charge in [-0.05, 0) is 55.2 Å². The number of hydrogen-bond acceptors (Lipinski definition) is 4. The van der Waals surface area contributed by atoms with Crippen LogP contribution in [0.4, 0.5) is 5.69 Å². The average Bonchev–Trinajstić information content (AvgIpc) is 2.94. The number of likely N-dealkylation sites (tertiary alicyclic amines) is 1. The first-order chi connectivity index (χ1) is 14.3. The van der Waals surface area contributed by atoms with Crippen LogP contribution in [-0.4, -0.2) is 25.1 Å². The lowest BCUT2D eigenvalue weighted by atomic mass is 9.81. The molecule has 30 heavy (non-hydrogen) atoms. The van der Waals surface area contributed by atoms with E-state index in [1.165, 1.54) is 17.0 Å². The zero-order valence-corrected chi connectivity index (χ0v) is 18.2. The Morgan fingerprint density at radius 3 is 2.33 bits per heavy atom. The molecule has 0 spiro atoms. The fourth-order valence-corrected chi connectivity index (χ4v) is 5.90. The van der Waals surface area contributed by atoms with E-state index in [9.17, 15) is 18.0 Å². The number of nitrogens with one attached hydrogen (secondary N) is 1. The van der Waals surface area contributed by atoms with Crippen LogP contribution in [0, 0.1) is 18.8 Å². The van der Waals surface area contributed by atoms with Gasteiger partial charge in [0.2, 0.25) is 11.8 Å². The first-order valence-corrected chi connectivity index (χ1v) is 11.9. The quantitative estimate of drug-likeness (QED) is 0.700. The summed E-state index contributed by atoms with van der Waals surface area (Å²) in [6.45, 7) is 1.79. The highest BCUT2D eigenvalue weighted by Crippen LogP contribution is 2.38. The van der Waals surface area contributed by atoms with Crippen molar-refractivity contribution in [3.8, 4) is 0 Å². The Morgan fingerprint density at radius 1 is 1.03 bits per heavy atom. The van der Waals surface area contributed by atoms with Crippen LogP contribution in [0.5, 0.6) is 0 Å². The van der Waals surface area contributed by atoms with E-state index >= 15 is 0 Å². The number of nitrogens with zero attached hydrogens (tertiary/aromatic N) is 1. The molecule has 2 amide bonds. The number of imide groups is 1. The van der Waals surface area contributed by atoms with Crippen LogP contribution in [0.25, 0.3) is 0 Å². The second-order valence-corrected chi connectivity index (χ2v) is 10.1. The number of hydrogen-bond donors (Lipinski definition) is 1. The largest absolute Gasteiger partial charge is 0.280 e. The molecule has 0 aromatic heterocycles. The summed E-state index contributed by atoms with van der Waals surface area (Å²) in [5, 5.41) is 0.424. The fourth-order valence-electron chi connectivity index (χ4n) is 4.36. The maximum Gasteiger partial charge on any atom is 0.262 e. The normalized spacial score (nSPS) is 21.6. The van der Waals surface area contributed by atoms with E-state index < -0.39 is 10.0 Å². The SMILES string of the molecule is Cc1ccc(CN2C(=O)C3CCCCC3C2=O)cc1S(=O)(=O)Nc1cccc(Cl)c1. The van der Waals surface area contributed by atoms with Crippen LogP contribution in [0.2, 0.25) is 5.02 Å². The lowest BCUT2D eigenvalue weighted by Gasteiger charge is -2.19. The number of aryl methyl sites for hydroxylation is 1. The van der Waals surface area contributed by atoms with Gasteiger partial charge in [0.15, 0.2) is 0 Å². The van der Waals surface area contributed by atoms with Gasteiger partial charge in [0.1, 0.15) is 0 Å². The molecule has 0 bridgehead atoms. The van der Waals surface area contributed by atoms with E-state index in [1.807, 2.05) is 0 Å². The number of halogens is 1. The van der Waals surface area contributed by atoms with Crippen LogP contribution in [0.15, 0.2) is 47.4 Å². The Morgan fingerprint density at radius 2 is 1.70 bits per heavy atom. The molecular formula is C22H23ClN2O4S. The summed E-state index contributed by atoms with van der Waals surface area (Å²) < 4.78 is 28.4. The van der Waals surface area contributed by atoms with Gasteiger partial charge in [0.05, 0.1) is 29.0 Å². The van der Waals surface area contributed by atoms with Gasteiger partial charge in [-0.15, -0.1) is 0 Å². The van der Waals surface area contributed by atoms with Gasteiger partial charge >= 0.3 is 0 Å². The number of carbonyl (C=O) groups excluding carboxylic acids is 2. The third-order valence-electron chi connectivity index (χ3n) is 5.89. The second kappa shape index (κ2) is 8.04. The predicted octanol–water partition coefficient (Wildman–Crippen LogP) is 4.12. The number of benzene rings is 2. The number of amides is 2. The summed E-state index contributed by atoms with van der Waals surface area (Å²) in [7, 11) is -3.86. The van der Waals surface area contributed by atoms with Crippen molar-refractivity contribution in [1.82, 2.24) is 4.90 Å². The minimum atomic E-state index is -3.86. The maximum atomic E-state index is 13.0. The van der Waals surface area contributed by atoms with Gasteiger partial charge in [-0.1, -0.05) is 42.6 Å². The van der Waals surface area contributed by atoms with Crippen molar-refractivity contribution in [2.24, 2.45) is 11.8 Å². The molecule has 1 aliphatic heterocycles. The van der Waals surface area contributed by atoms with Gasteiger partial charge in [0.25, 0.3) is 10.0 Å². The molecule has 1 heterocycles. The average molecular weight is 447 g/mol. The topological polar surface area (TPSA) is 83.6 Å². The van der Waals surface area contributed by atoms with Crippen LogP contribution in [0.3, 0.4) is 0 Å². The molecule has 2 aromatic carbocycles. The molecule has 1 saturated carbocycles. The highest BCUT2D eigenvalue weighted by Gasteiger charge is 2.47. The number of fused-ring (bicyclic) bond motifs is 1. The Labute approximate surface area is 181 Å². The molecule has 8 heteroatoms. The third kappa shape index (κ3) is 3.96. The summed E-state index contributed by atoms with van der Waals surface area (Å²) in [6, 6.07) is 11.5. The van der Waals surface area contributed by atoms with E-state index in [0.29, 0.717) is 21.8 Å². The standard InChI is InChI=1S/C22H23ClN2O4S/c1-14-9-10-15(13-25-21(26)18-7-2-3-8-19(18)22(25)27)11-20(14)30(28,29)24-17-6-4-5-16(23)12-17/h4-6,9-12,18-19,24H,2-3,7-8,13H2,1H3. The molecule has 1 saturated heterocycles. The number of carbonyl (C=O) groups is 2. The van der Waals surface area contributed by atoms with Crippen LogP contribution in [-0.2, 0) is 26.2 Å². The minimum absolute atomic E-state index is 0.0879. The molecule has 2 aromatic rings. The maximum absolute atomic E-state index is 13.0. The van der Waals surface area contributed by atoms with Gasteiger partial charge < -0.3 is 0 Å². The summed E-state index contributed by atoms with van der Waals surface area (Å²) >= 11 is 5.95. The molecular weight excluding hydrogens is 424 g/mol. The summed E-state index contributed by atoms with van der Waals surface area (Å²) in [5.74, 6) is -0.702. The molecule has 2 unspecified atom stereocenters. The molecule has 2 atom stereocenters. The smallest absolute Gasteiger partial charge is 0.262 e. The van der Waals surface area contributed by atoms with E-state index in [4.69, 9.17) is 11.6 Å².